The fourth-order valence-electron chi connectivity index (χ4n) is 5.35. The number of amides is 1. The van der Waals surface area contributed by atoms with Crippen molar-refractivity contribution >= 4 is 11.6 Å². The monoisotopic (exact) mass is 470 g/mol. The molecule has 0 radical (unpaired) electrons. The molecular weight excluding hydrogens is 431 g/mol. The lowest BCUT2D eigenvalue weighted by atomic mass is 9.92. The van der Waals surface area contributed by atoms with E-state index in [1.165, 1.54) is 12.1 Å². The van der Waals surface area contributed by atoms with Crippen molar-refractivity contribution in [3.05, 3.63) is 62.3 Å². The van der Waals surface area contributed by atoms with E-state index in [2.05, 4.69) is 48.2 Å². The van der Waals surface area contributed by atoms with Crippen LogP contribution in [0.2, 0.25) is 0 Å². The lowest BCUT2D eigenvalue weighted by molar-refractivity contribution is 0.0949. The number of benzene rings is 1. The number of aryl methyl sites for hydroxylation is 2. The van der Waals surface area contributed by atoms with Gasteiger partial charge in [-0.1, -0.05) is 13.3 Å². The molecular formula is C27H39FN4O2. The van der Waals surface area contributed by atoms with E-state index in [1.54, 1.807) is 0 Å². The molecule has 186 valence electrons. The number of hydrogen-bond acceptors (Lipinski definition) is 4. The highest BCUT2D eigenvalue weighted by Crippen LogP contribution is 2.30. The van der Waals surface area contributed by atoms with Crippen molar-refractivity contribution < 1.29 is 9.18 Å². The Labute approximate surface area is 202 Å². The standard InChI is InChI=1S/C27H39FN4O2/c1-7-9-20-10-16(3)31-27(34)24(20)15-29-26(33)23-13-21(28)14-25(19(23)6)32(8-2)22-11-17(4)30-18(5)12-22/h10,13-14,17-18,22,30H,7-9,11-12,15H2,1-6H3,(H,29,33)(H,31,34)/t17-,18-/m1/s1. The average molecular weight is 471 g/mol. The Morgan fingerprint density at radius 1 is 1.15 bits per heavy atom. The van der Waals surface area contributed by atoms with Crippen molar-refractivity contribution in [2.75, 3.05) is 11.4 Å². The van der Waals surface area contributed by atoms with E-state index in [9.17, 15) is 14.0 Å². The lowest BCUT2D eigenvalue weighted by Gasteiger charge is -2.41. The van der Waals surface area contributed by atoms with Gasteiger partial charge in [-0.15, -0.1) is 0 Å². The Bertz CT molecular complexity index is 1070. The summed E-state index contributed by atoms with van der Waals surface area (Å²) in [6, 6.07) is 5.82. The molecule has 0 saturated carbocycles. The fraction of sp³-hybridized carbons (Fsp3) is 0.556. The van der Waals surface area contributed by atoms with Crippen LogP contribution in [0, 0.1) is 19.7 Å². The van der Waals surface area contributed by atoms with Gasteiger partial charge in [0.1, 0.15) is 5.82 Å². The zero-order valence-corrected chi connectivity index (χ0v) is 21.3. The second kappa shape index (κ2) is 11.2. The molecule has 2 heterocycles. The number of piperidine rings is 1. The van der Waals surface area contributed by atoms with E-state index in [-0.39, 0.29) is 24.1 Å². The summed E-state index contributed by atoms with van der Waals surface area (Å²) in [5.41, 5.74) is 3.94. The first-order valence-corrected chi connectivity index (χ1v) is 12.5. The third-order valence-electron chi connectivity index (χ3n) is 6.81. The number of carbonyl (C=O) groups is 1. The first kappa shape index (κ1) is 25.9. The molecule has 2 aromatic rings. The quantitative estimate of drug-likeness (QED) is 0.536. The molecule has 1 aromatic heterocycles. The van der Waals surface area contributed by atoms with Gasteiger partial charge in [-0.2, -0.15) is 0 Å². The van der Waals surface area contributed by atoms with Crippen LogP contribution < -0.4 is 21.1 Å². The van der Waals surface area contributed by atoms with Crippen LogP contribution in [0.4, 0.5) is 10.1 Å². The number of nitrogens with zero attached hydrogens (tertiary/aromatic N) is 1. The molecule has 1 aliphatic rings. The molecule has 6 nitrogen and oxygen atoms in total. The lowest BCUT2D eigenvalue weighted by Crippen LogP contribution is -2.51. The van der Waals surface area contributed by atoms with Crippen molar-refractivity contribution in [1.29, 1.82) is 0 Å². The number of halogens is 1. The SMILES string of the molecule is CCCc1cc(C)[nH]c(=O)c1CNC(=O)c1cc(F)cc(N(CC)C2C[C@@H](C)N[C@H](C)C2)c1C. The second-order valence-electron chi connectivity index (χ2n) is 9.70. The van der Waals surface area contributed by atoms with Crippen molar-refractivity contribution in [1.82, 2.24) is 15.6 Å². The normalized spacial score (nSPS) is 20.3. The maximum Gasteiger partial charge on any atom is 0.253 e. The van der Waals surface area contributed by atoms with E-state index in [4.69, 9.17) is 0 Å². The Morgan fingerprint density at radius 2 is 1.82 bits per heavy atom. The first-order valence-electron chi connectivity index (χ1n) is 12.5. The highest BCUT2D eigenvalue weighted by atomic mass is 19.1. The Kier molecular flexibility index (Phi) is 8.52. The zero-order chi connectivity index (χ0) is 25.0. The molecule has 34 heavy (non-hydrogen) atoms. The Hall–Kier alpha value is -2.67. The van der Waals surface area contributed by atoms with Gasteiger partial charge in [0.15, 0.2) is 0 Å². The van der Waals surface area contributed by atoms with E-state index < -0.39 is 5.82 Å². The van der Waals surface area contributed by atoms with Crippen LogP contribution in [-0.2, 0) is 13.0 Å². The molecule has 0 unspecified atom stereocenters. The van der Waals surface area contributed by atoms with Crippen LogP contribution in [0.1, 0.15) is 79.7 Å². The number of nitrogens with one attached hydrogen (secondary N) is 3. The Balaban J connectivity index is 1.87. The van der Waals surface area contributed by atoms with Gasteiger partial charge >= 0.3 is 0 Å². The summed E-state index contributed by atoms with van der Waals surface area (Å²) in [6.07, 6.45) is 3.59. The van der Waals surface area contributed by atoms with Gasteiger partial charge in [-0.25, -0.2) is 4.39 Å². The molecule has 1 aliphatic heterocycles. The minimum absolute atomic E-state index is 0.107. The number of carbonyl (C=O) groups excluding carboxylic acids is 1. The Morgan fingerprint density at radius 3 is 2.44 bits per heavy atom. The number of hydrogen-bond donors (Lipinski definition) is 3. The van der Waals surface area contributed by atoms with Crippen LogP contribution in [0.15, 0.2) is 23.0 Å². The fourth-order valence-corrected chi connectivity index (χ4v) is 5.35. The first-order chi connectivity index (χ1) is 16.1. The molecule has 0 spiro atoms. The van der Waals surface area contributed by atoms with Gasteiger partial charge in [0.25, 0.3) is 11.5 Å². The second-order valence-corrected chi connectivity index (χ2v) is 9.70. The van der Waals surface area contributed by atoms with Crippen molar-refractivity contribution in [3.63, 3.8) is 0 Å². The predicted octanol–water partition coefficient (Wildman–Crippen LogP) is 4.37. The molecule has 7 heteroatoms. The number of rotatable bonds is 8. The molecule has 1 fully saturated rings. The van der Waals surface area contributed by atoms with Gasteiger partial charge in [0.05, 0.1) is 0 Å². The number of H-pyrrole nitrogens is 1. The minimum Gasteiger partial charge on any atom is -0.368 e. The van der Waals surface area contributed by atoms with Crippen LogP contribution in [0.3, 0.4) is 0 Å². The van der Waals surface area contributed by atoms with Gasteiger partial charge in [0, 0.05) is 53.7 Å². The zero-order valence-electron chi connectivity index (χ0n) is 21.3. The maximum atomic E-state index is 14.7. The third-order valence-corrected chi connectivity index (χ3v) is 6.81. The molecule has 1 aromatic carbocycles. The van der Waals surface area contributed by atoms with Gasteiger partial charge < -0.3 is 20.5 Å². The molecule has 1 amide bonds. The van der Waals surface area contributed by atoms with E-state index in [0.29, 0.717) is 23.2 Å². The number of aromatic nitrogens is 1. The largest absolute Gasteiger partial charge is 0.368 e. The van der Waals surface area contributed by atoms with Crippen molar-refractivity contribution in [2.24, 2.45) is 0 Å². The van der Waals surface area contributed by atoms with Gasteiger partial charge in [-0.05, 0) is 83.2 Å². The summed E-state index contributed by atoms with van der Waals surface area (Å²) in [5, 5.41) is 6.42. The predicted molar refractivity (Wildman–Crippen MR) is 136 cm³/mol. The topological polar surface area (TPSA) is 77.2 Å². The molecule has 0 bridgehead atoms. The highest BCUT2D eigenvalue weighted by molar-refractivity contribution is 5.97. The maximum absolute atomic E-state index is 14.7. The van der Waals surface area contributed by atoms with Crippen LogP contribution in [0.5, 0.6) is 0 Å². The van der Waals surface area contributed by atoms with E-state index in [1.807, 2.05) is 19.9 Å². The highest BCUT2D eigenvalue weighted by Gasteiger charge is 2.29. The molecule has 1 saturated heterocycles. The number of anilines is 1. The third kappa shape index (κ3) is 5.87. The summed E-state index contributed by atoms with van der Waals surface area (Å²) in [6.45, 7) is 13.0. The summed E-state index contributed by atoms with van der Waals surface area (Å²) in [5.74, 6) is -0.803. The summed E-state index contributed by atoms with van der Waals surface area (Å²) in [4.78, 5) is 30.7. The van der Waals surface area contributed by atoms with Gasteiger partial charge in [0.2, 0.25) is 0 Å². The minimum atomic E-state index is -0.431. The molecule has 3 N–H and O–H groups in total. The van der Waals surface area contributed by atoms with Crippen LogP contribution in [0.25, 0.3) is 0 Å². The molecule has 2 atom stereocenters. The van der Waals surface area contributed by atoms with Crippen LogP contribution >= 0.6 is 0 Å². The number of pyridine rings is 1. The molecule has 3 rings (SSSR count). The smallest absolute Gasteiger partial charge is 0.253 e. The number of aromatic amines is 1. The van der Waals surface area contributed by atoms with Crippen molar-refractivity contribution in [3.8, 4) is 0 Å². The summed E-state index contributed by atoms with van der Waals surface area (Å²) in [7, 11) is 0. The van der Waals surface area contributed by atoms with Crippen LogP contribution in [-0.4, -0.2) is 35.6 Å². The van der Waals surface area contributed by atoms with Crippen molar-refractivity contribution in [2.45, 2.75) is 91.9 Å². The summed E-state index contributed by atoms with van der Waals surface area (Å²) < 4.78 is 14.7. The average Bonchev–Trinajstić information content (AvgIpc) is 2.75. The van der Waals surface area contributed by atoms with E-state index in [0.717, 1.165) is 54.7 Å². The van der Waals surface area contributed by atoms with Gasteiger partial charge in [-0.3, -0.25) is 9.59 Å². The summed E-state index contributed by atoms with van der Waals surface area (Å²) >= 11 is 0. The molecule has 0 aliphatic carbocycles. The van der Waals surface area contributed by atoms with E-state index >= 15 is 0 Å².